The monoisotopic (exact) mass is 1140 g/mol. The largest absolute Gasteiger partial charge is 0.508 e. The van der Waals surface area contributed by atoms with Crippen molar-refractivity contribution >= 4 is 73.6 Å². The van der Waals surface area contributed by atoms with Gasteiger partial charge in [-0.1, -0.05) is 24.6 Å². The van der Waals surface area contributed by atoms with Crippen molar-refractivity contribution in [2.24, 2.45) is 0 Å². The number of aromatic nitrogens is 1. The number of carbonyl (C=O) groups excluding carboxylic acids is 3. The van der Waals surface area contributed by atoms with Crippen LogP contribution in [0.4, 0.5) is 5.69 Å². The number of unbranched alkanes of at least 4 members (excludes halogenated alkanes) is 2. The number of rotatable bonds is 20. The summed E-state index contributed by atoms with van der Waals surface area (Å²) in [5.41, 5.74) is 4.04. The average Bonchev–Trinajstić information content (AvgIpc) is 3.03. The topological polar surface area (TPSA) is 294 Å². The van der Waals surface area contributed by atoms with Crippen LogP contribution in [0, 0.1) is 0 Å². The Morgan fingerprint density at radius 1 is 0.854 bits per heavy atom. The Morgan fingerprint density at radius 2 is 1.65 bits per heavy atom. The first kappa shape index (κ1) is 57.2. The molecule has 0 unspecified atom stereocenters. The second kappa shape index (κ2) is 24.2. The van der Waals surface area contributed by atoms with E-state index in [4.69, 9.17) is 30.2 Å². The normalized spacial score (nSPS) is 19.2. The number of benzene rings is 6. The first-order valence-corrected chi connectivity index (χ1v) is 27.4. The molecule has 0 bridgehead atoms. The lowest BCUT2D eigenvalue weighted by Crippen LogP contribution is -2.60. The number of aliphatic hydroxyl groups is 4. The Kier molecular flexibility index (Phi) is 16.9. The van der Waals surface area contributed by atoms with Crippen molar-refractivity contribution in [2.75, 3.05) is 51.8 Å². The molecule has 1 aromatic heterocycles. The van der Waals surface area contributed by atoms with Gasteiger partial charge in [-0.2, -0.15) is 0 Å². The highest BCUT2D eigenvalue weighted by Crippen LogP contribution is 2.49. The number of aromatic amines is 1. The Hall–Kier alpha value is -8.08. The number of aromatic hydroxyl groups is 1. The highest BCUT2D eigenvalue weighted by Gasteiger charge is 2.46. The van der Waals surface area contributed by atoms with Crippen LogP contribution >= 0.6 is 11.6 Å². The summed E-state index contributed by atoms with van der Waals surface area (Å²) in [6.07, 6.45) is -6.03. The molecule has 21 heteroatoms. The van der Waals surface area contributed by atoms with Gasteiger partial charge in [-0.3, -0.25) is 19.2 Å². The number of aliphatic hydroxyl groups excluding tert-OH is 4. The predicted molar refractivity (Wildman–Crippen MR) is 306 cm³/mol. The first-order valence-electron chi connectivity index (χ1n) is 26.9. The summed E-state index contributed by atoms with van der Waals surface area (Å²) in [5.74, 6) is -1.79. The SMILES string of the molecule is C[C@@H](Cl)[C@@H]1CN(C(=O)c2cc3cc(OCCN(C)C)ccc3[nH]2)c2cc(O[C@@H]3O[C@H](CO)[C@H](O)[C@H](O)[C@H]3O)c3ccc(CNC(=O)CCCCCNC(=O)c4ccc(-c5c6ccc(=O)cc-6oc6cc(O)ccc56)c(C(=O)O)c4)cc3c21. The molecular weight excluding hydrogens is 1080 g/mol. The lowest BCUT2D eigenvalue weighted by atomic mass is 9.90. The number of carboxylic acid groups (broad SMARTS) is 1. The molecule has 6 aromatic rings. The van der Waals surface area contributed by atoms with Crippen molar-refractivity contribution in [3.8, 4) is 39.7 Å². The number of amides is 3. The number of carboxylic acids is 1. The van der Waals surface area contributed by atoms with Crippen LogP contribution in [0.5, 0.6) is 17.2 Å². The van der Waals surface area contributed by atoms with Crippen molar-refractivity contribution in [1.29, 1.82) is 0 Å². The maximum Gasteiger partial charge on any atom is 0.336 e. The zero-order chi connectivity index (χ0) is 58.1. The fourth-order valence-electron chi connectivity index (χ4n) is 10.7. The number of carbonyl (C=O) groups is 4. The second-order valence-corrected chi connectivity index (χ2v) is 21.7. The molecule has 3 aliphatic heterocycles. The van der Waals surface area contributed by atoms with Gasteiger partial charge in [0.2, 0.25) is 12.2 Å². The molecule has 5 aromatic carbocycles. The standard InChI is InChI=1S/C61H62ClN5O15/c1-31(62)44-29-67(59(76)46-24-34-22-37(12-17-45(34)65-46)79-20-19-66(2)3)47-27-50(81-61-57(74)56(73)55(72)51(30-68)82-61)38-13-8-32(21-42(38)54(44)47)28-64-52(71)7-5-4-6-18-63-58(75)33-9-14-39(43(23-33)60(77)78)53-40-15-10-35(69)25-48(40)80-49-26-36(70)11-16-41(49)53/h8-17,21-27,31,44,51,55-57,61,65,68-69,72-74H,4-7,18-20,28-30H2,1-3H3,(H,63,75)(H,64,71)(H,77,78)/t31-,44+,51-,55+,56+,57-,61-/m1/s1. The van der Waals surface area contributed by atoms with Crippen LogP contribution in [0.3, 0.4) is 0 Å². The highest BCUT2D eigenvalue weighted by molar-refractivity contribution is 6.22. The first-order chi connectivity index (χ1) is 39.4. The zero-order valence-corrected chi connectivity index (χ0v) is 45.8. The van der Waals surface area contributed by atoms with Crippen molar-refractivity contribution < 1.29 is 68.4 Å². The number of likely N-dealkylation sites (N-methyl/N-ethyl adjacent to an activating group) is 1. The third-order valence-corrected chi connectivity index (χ3v) is 15.4. The molecule has 0 radical (unpaired) electrons. The Bertz CT molecular complexity index is 3770. The molecule has 7 atom stereocenters. The van der Waals surface area contributed by atoms with Gasteiger partial charge in [-0.15, -0.1) is 11.6 Å². The lowest BCUT2D eigenvalue weighted by Gasteiger charge is -2.39. The summed E-state index contributed by atoms with van der Waals surface area (Å²) in [6, 6.07) is 27.3. The van der Waals surface area contributed by atoms with Gasteiger partial charge in [0, 0.05) is 100 Å². The number of aromatic carboxylic acids is 1. The van der Waals surface area contributed by atoms with Gasteiger partial charge in [0.1, 0.15) is 65.3 Å². The average molecular weight is 1140 g/mol. The molecule has 0 spiro atoms. The molecule has 1 saturated heterocycles. The lowest BCUT2D eigenvalue weighted by molar-refractivity contribution is -0.277. The van der Waals surface area contributed by atoms with Crippen LogP contribution in [0.1, 0.15) is 80.9 Å². The number of alkyl halides is 1. The number of phenols is 1. The Morgan fingerprint density at radius 3 is 2.41 bits per heavy atom. The number of fused-ring (bicyclic) bond motifs is 6. The van der Waals surface area contributed by atoms with E-state index in [1.165, 1.54) is 42.5 Å². The number of halogens is 1. The highest BCUT2D eigenvalue weighted by atomic mass is 35.5. The number of hydrogen-bond donors (Lipinski definition) is 9. The van der Waals surface area contributed by atoms with Gasteiger partial charge >= 0.3 is 5.97 Å². The minimum Gasteiger partial charge on any atom is -0.508 e. The molecule has 9 N–H and O–H groups in total. The van der Waals surface area contributed by atoms with Crippen molar-refractivity contribution in [2.45, 2.75) is 81.2 Å². The fraction of sp³-hybridized carbons (Fsp3) is 0.328. The molecule has 428 valence electrons. The second-order valence-electron chi connectivity index (χ2n) is 21.0. The van der Waals surface area contributed by atoms with Gasteiger partial charge < -0.3 is 74.7 Å². The molecule has 3 amide bonds. The van der Waals surface area contributed by atoms with E-state index in [9.17, 15) is 54.6 Å². The number of nitrogens with zero attached hydrogens (tertiary/aromatic N) is 2. The van der Waals surface area contributed by atoms with Crippen LogP contribution in [0.25, 0.3) is 55.1 Å². The van der Waals surface area contributed by atoms with Crippen molar-refractivity contribution in [3.63, 3.8) is 0 Å². The van der Waals surface area contributed by atoms with Gasteiger partial charge in [0.05, 0.1) is 17.9 Å². The Labute approximate surface area is 474 Å². The van der Waals surface area contributed by atoms with Crippen LogP contribution < -0.4 is 30.4 Å². The maximum atomic E-state index is 14.7. The molecule has 82 heavy (non-hydrogen) atoms. The van der Waals surface area contributed by atoms with Crippen LogP contribution in [0.2, 0.25) is 0 Å². The van der Waals surface area contributed by atoms with E-state index >= 15 is 0 Å². The van der Waals surface area contributed by atoms with Gasteiger partial charge in [0.25, 0.3) is 11.8 Å². The fourth-order valence-corrected chi connectivity index (χ4v) is 10.9. The molecule has 1 aliphatic carbocycles. The molecule has 0 saturated carbocycles. The number of hydrogen-bond acceptors (Lipinski definition) is 15. The van der Waals surface area contributed by atoms with E-state index < -0.39 is 54.6 Å². The minimum atomic E-state index is -1.72. The third-order valence-electron chi connectivity index (χ3n) is 15.1. The zero-order valence-electron chi connectivity index (χ0n) is 45.1. The Balaban J connectivity index is 0.815. The molecule has 4 aliphatic rings. The van der Waals surface area contributed by atoms with E-state index in [1.807, 2.05) is 50.2 Å². The van der Waals surface area contributed by atoms with Crippen LogP contribution in [-0.4, -0.2) is 147 Å². The van der Waals surface area contributed by atoms with E-state index in [2.05, 4.69) is 15.6 Å². The summed E-state index contributed by atoms with van der Waals surface area (Å²) in [5, 5.41) is 70.5. The van der Waals surface area contributed by atoms with E-state index in [0.29, 0.717) is 75.8 Å². The van der Waals surface area contributed by atoms with Crippen LogP contribution in [0.15, 0.2) is 112 Å². The van der Waals surface area contributed by atoms with Gasteiger partial charge in [-0.25, -0.2) is 4.79 Å². The van der Waals surface area contributed by atoms with Crippen LogP contribution in [-0.2, 0) is 16.1 Å². The van der Waals surface area contributed by atoms with E-state index in [1.54, 1.807) is 41.3 Å². The third kappa shape index (κ3) is 11.8. The minimum absolute atomic E-state index is 0.0828. The quantitative estimate of drug-likeness (QED) is 0.0218. The van der Waals surface area contributed by atoms with Gasteiger partial charge in [-0.05, 0) is 123 Å². The summed E-state index contributed by atoms with van der Waals surface area (Å²) >= 11 is 6.96. The molecule has 10 rings (SSSR count). The summed E-state index contributed by atoms with van der Waals surface area (Å²) in [7, 11) is 3.92. The summed E-state index contributed by atoms with van der Waals surface area (Å²) in [6.45, 7) is 2.95. The molecular formula is C61H62ClN5O15. The number of anilines is 1. The summed E-state index contributed by atoms with van der Waals surface area (Å²) < 4.78 is 23.9. The van der Waals surface area contributed by atoms with Crippen molar-refractivity contribution in [1.82, 2.24) is 20.5 Å². The maximum absolute atomic E-state index is 14.7. The molecule has 4 heterocycles. The van der Waals surface area contributed by atoms with Crippen molar-refractivity contribution in [3.05, 3.63) is 141 Å². The van der Waals surface area contributed by atoms with E-state index in [0.717, 1.165) is 23.0 Å². The summed E-state index contributed by atoms with van der Waals surface area (Å²) in [4.78, 5) is 73.1. The predicted octanol–water partition coefficient (Wildman–Crippen LogP) is 6.70. The van der Waals surface area contributed by atoms with E-state index in [-0.39, 0.29) is 88.7 Å². The number of ether oxygens (including phenoxy) is 3. The number of nitrogens with one attached hydrogen (secondary N) is 3. The number of phenolic OH excluding ortho intramolecular Hbond substituents is 1. The number of H-pyrrole nitrogens is 1. The smallest absolute Gasteiger partial charge is 0.336 e. The molecule has 1 fully saturated rings. The molecule has 20 nitrogen and oxygen atoms in total. The van der Waals surface area contributed by atoms with Gasteiger partial charge in [0.15, 0.2) is 5.43 Å².